The van der Waals surface area contributed by atoms with E-state index in [1.54, 1.807) is 13.2 Å². The van der Waals surface area contributed by atoms with Crippen LogP contribution in [0, 0.1) is 12.7 Å². The molecular formula is C15H14ClFO. The summed E-state index contributed by atoms with van der Waals surface area (Å²) in [6.07, 6.45) is 0. The Morgan fingerprint density at radius 3 is 2.39 bits per heavy atom. The third-order valence-electron chi connectivity index (χ3n) is 2.83. The molecule has 0 amide bonds. The van der Waals surface area contributed by atoms with Gasteiger partial charge in [0.15, 0.2) is 0 Å². The molecule has 0 saturated carbocycles. The van der Waals surface area contributed by atoms with Gasteiger partial charge in [-0.25, -0.2) is 4.39 Å². The van der Waals surface area contributed by atoms with Gasteiger partial charge in [0.2, 0.25) is 0 Å². The van der Waals surface area contributed by atoms with Crippen LogP contribution in [0.5, 0.6) is 5.75 Å². The van der Waals surface area contributed by atoms with E-state index in [9.17, 15) is 4.39 Å². The molecule has 0 N–H and O–H groups in total. The highest BCUT2D eigenvalue weighted by Gasteiger charge is 2.16. The summed E-state index contributed by atoms with van der Waals surface area (Å²) in [5.41, 5.74) is 2.73. The number of aryl methyl sites for hydroxylation is 1. The van der Waals surface area contributed by atoms with Crippen molar-refractivity contribution in [1.29, 1.82) is 0 Å². The van der Waals surface area contributed by atoms with Crippen LogP contribution in [0.3, 0.4) is 0 Å². The molecule has 0 saturated heterocycles. The fourth-order valence-corrected chi connectivity index (χ4v) is 2.13. The summed E-state index contributed by atoms with van der Waals surface area (Å²) < 4.78 is 18.5. The molecule has 0 aliphatic carbocycles. The molecule has 2 aromatic carbocycles. The second-order valence-corrected chi connectivity index (χ2v) is 4.60. The van der Waals surface area contributed by atoms with Gasteiger partial charge in [-0.1, -0.05) is 29.8 Å². The smallest absolute Gasteiger partial charge is 0.124 e. The molecule has 18 heavy (non-hydrogen) atoms. The Labute approximate surface area is 111 Å². The number of ether oxygens (including phenoxy) is 1. The first-order valence-electron chi connectivity index (χ1n) is 5.66. The minimum Gasteiger partial charge on any atom is -0.496 e. The van der Waals surface area contributed by atoms with E-state index in [2.05, 4.69) is 0 Å². The molecule has 0 radical (unpaired) electrons. The van der Waals surface area contributed by atoms with Gasteiger partial charge in [0.25, 0.3) is 0 Å². The highest BCUT2D eigenvalue weighted by atomic mass is 35.5. The number of methoxy groups -OCH3 is 1. The number of halogens is 2. The lowest BCUT2D eigenvalue weighted by Gasteiger charge is -2.14. The van der Waals surface area contributed by atoms with Crippen LogP contribution in [0.15, 0.2) is 42.5 Å². The van der Waals surface area contributed by atoms with Crippen LogP contribution < -0.4 is 4.74 Å². The minimum absolute atomic E-state index is 0.316. The predicted octanol–water partition coefficient (Wildman–Crippen LogP) is 4.47. The summed E-state index contributed by atoms with van der Waals surface area (Å²) in [6, 6.07) is 12.2. The summed E-state index contributed by atoms with van der Waals surface area (Å²) >= 11 is 6.39. The van der Waals surface area contributed by atoms with E-state index >= 15 is 0 Å². The van der Waals surface area contributed by atoms with Crippen molar-refractivity contribution in [3.8, 4) is 5.75 Å². The lowest BCUT2D eigenvalue weighted by molar-refractivity contribution is 0.409. The molecule has 94 valence electrons. The average molecular weight is 265 g/mol. The molecule has 2 rings (SSSR count). The quantitative estimate of drug-likeness (QED) is 0.743. The molecule has 1 nitrogen and oxygen atoms in total. The van der Waals surface area contributed by atoms with Crippen molar-refractivity contribution < 1.29 is 9.13 Å². The van der Waals surface area contributed by atoms with E-state index in [0.717, 1.165) is 11.1 Å². The first-order valence-corrected chi connectivity index (χ1v) is 6.09. The Morgan fingerprint density at radius 1 is 1.11 bits per heavy atom. The lowest BCUT2D eigenvalue weighted by atomic mass is 10.0. The van der Waals surface area contributed by atoms with Gasteiger partial charge < -0.3 is 4.74 Å². The first kappa shape index (κ1) is 12.9. The van der Waals surface area contributed by atoms with E-state index in [1.807, 2.05) is 31.2 Å². The maximum absolute atomic E-state index is 13.3. The van der Waals surface area contributed by atoms with Crippen LogP contribution in [0.1, 0.15) is 22.1 Å². The van der Waals surface area contributed by atoms with E-state index in [1.165, 1.54) is 12.1 Å². The van der Waals surface area contributed by atoms with E-state index in [-0.39, 0.29) is 5.82 Å². The summed E-state index contributed by atoms with van der Waals surface area (Å²) in [7, 11) is 1.55. The Kier molecular flexibility index (Phi) is 3.87. The zero-order valence-electron chi connectivity index (χ0n) is 10.3. The normalized spacial score (nSPS) is 12.2. The zero-order chi connectivity index (χ0) is 13.1. The van der Waals surface area contributed by atoms with Gasteiger partial charge in [0, 0.05) is 5.56 Å². The van der Waals surface area contributed by atoms with E-state index in [4.69, 9.17) is 16.3 Å². The van der Waals surface area contributed by atoms with Crippen molar-refractivity contribution in [2.45, 2.75) is 12.3 Å². The van der Waals surface area contributed by atoms with E-state index < -0.39 is 5.38 Å². The molecule has 0 aliphatic rings. The van der Waals surface area contributed by atoms with Gasteiger partial charge in [-0.2, -0.15) is 0 Å². The maximum atomic E-state index is 13.3. The highest BCUT2D eigenvalue weighted by molar-refractivity contribution is 6.22. The largest absolute Gasteiger partial charge is 0.496 e. The average Bonchev–Trinajstić information content (AvgIpc) is 2.39. The fraction of sp³-hybridized carbons (Fsp3) is 0.200. The molecule has 0 bridgehead atoms. The Hall–Kier alpha value is -1.54. The molecule has 2 aromatic rings. The summed E-state index contributed by atoms with van der Waals surface area (Å²) in [5.74, 6) is 0.278. The third-order valence-corrected chi connectivity index (χ3v) is 3.32. The van der Waals surface area contributed by atoms with E-state index in [0.29, 0.717) is 11.3 Å². The van der Waals surface area contributed by atoms with Crippen LogP contribution in [0.25, 0.3) is 0 Å². The van der Waals surface area contributed by atoms with Crippen LogP contribution in [-0.2, 0) is 0 Å². The summed E-state index contributed by atoms with van der Waals surface area (Å²) in [4.78, 5) is 0. The molecule has 0 heterocycles. The lowest BCUT2D eigenvalue weighted by Crippen LogP contribution is -1.98. The van der Waals surface area contributed by atoms with Crippen LogP contribution >= 0.6 is 11.6 Å². The van der Waals surface area contributed by atoms with Crippen molar-refractivity contribution in [3.63, 3.8) is 0 Å². The van der Waals surface area contributed by atoms with Gasteiger partial charge in [-0.05, 0) is 30.7 Å². The second kappa shape index (κ2) is 5.40. The van der Waals surface area contributed by atoms with Gasteiger partial charge in [-0.3, -0.25) is 0 Å². The molecule has 3 heteroatoms. The van der Waals surface area contributed by atoms with Gasteiger partial charge in [0.1, 0.15) is 11.6 Å². The summed E-state index contributed by atoms with van der Waals surface area (Å²) in [6.45, 7) is 2.01. The molecule has 0 spiro atoms. The number of hydrogen-bond acceptors (Lipinski definition) is 1. The number of benzene rings is 2. The zero-order valence-corrected chi connectivity index (χ0v) is 11.0. The van der Waals surface area contributed by atoms with Crippen molar-refractivity contribution in [3.05, 3.63) is 65.0 Å². The van der Waals surface area contributed by atoms with Crippen LogP contribution in [-0.4, -0.2) is 7.11 Å². The maximum Gasteiger partial charge on any atom is 0.124 e. The molecule has 1 atom stereocenters. The van der Waals surface area contributed by atoms with Gasteiger partial charge >= 0.3 is 0 Å². The van der Waals surface area contributed by atoms with Crippen molar-refractivity contribution in [1.82, 2.24) is 0 Å². The van der Waals surface area contributed by atoms with Gasteiger partial charge in [-0.15, -0.1) is 11.6 Å². The Balaban J connectivity index is 2.41. The number of hydrogen-bond donors (Lipinski definition) is 0. The molecule has 0 aliphatic heterocycles. The number of rotatable bonds is 3. The molecular weight excluding hydrogens is 251 g/mol. The van der Waals surface area contributed by atoms with Crippen molar-refractivity contribution in [2.24, 2.45) is 0 Å². The van der Waals surface area contributed by atoms with Crippen molar-refractivity contribution in [2.75, 3.05) is 7.11 Å². The fourth-order valence-electron chi connectivity index (χ4n) is 1.82. The van der Waals surface area contributed by atoms with Crippen LogP contribution in [0.2, 0.25) is 0 Å². The third kappa shape index (κ3) is 2.65. The summed E-state index contributed by atoms with van der Waals surface area (Å²) in [5, 5.41) is -0.420. The standard InChI is InChI=1S/C15H14ClFO/c1-10-3-5-11(6-4-10)15(16)13-9-12(17)7-8-14(13)18-2/h3-9,15H,1-2H3. The van der Waals surface area contributed by atoms with Crippen LogP contribution in [0.4, 0.5) is 4.39 Å². The molecule has 1 unspecified atom stereocenters. The Bertz CT molecular complexity index is 537. The SMILES string of the molecule is COc1ccc(F)cc1C(Cl)c1ccc(C)cc1. The predicted molar refractivity (Wildman–Crippen MR) is 71.8 cm³/mol. The molecule has 0 aromatic heterocycles. The minimum atomic E-state index is -0.420. The van der Waals surface area contributed by atoms with Gasteiger partial charge in [0.05, 0.1) is 12.5 Å². The van der Waals surface area contributed by atoms with Crippen molar-refractivity contribution >= 4 is 11.6 Å². The highest BCUT2D eigenvalue weighted by Crippen LogP contribution is 2.35. The number of alkyl halides is 1. The second-order valence-electron chi connectivity index (χ2n) is 4.16. The topological polar surface area (TPSA) is 9.23 Å². The first-order chi connectivity index (χ1) is 8.61. The monoisotopic (exact) mass is 264 g/mol. The molecule has 0 fully saturated rings. The Morgan fingerprint density at radius 2 is 1.78 bits per heavy atom.